The average Bonchev–Trinajstić information content (AvgIpc) is 3.07. The van der Waals surface area contributed by atoms with Crippen LogP contribution in [0, 0.1) is 0 Å². The number of furan rings is 1. The largest absolute Gasteiger partial charge is 0.508 e. The lowest BCUT2D eigenvalue weighted by molar-refractivity contribution is -0.118. The fourth-order valence-corrected chi connectivity index (χ4v) is 3.09. The number of phenolic OH excluding ortho intramolecular Hbond substituents is 1. The number of phenols is 1. The van der Waals surface area contributed by atoms with Crippen molar-refractivity contribution in [1.29, 1.82) is 0 Å². The highest BCUT2D eigenvalue weighted by Crippen LogP contribution is 2.28. The SMILES string of the molecule is NC(=O)CCC1CN(c2ccoc2)CCN1c1cccc(O)c1. The summed E-state index contributed by atoms with van der Waals surface area (Å²) in [6, 6.07) is 9.31. The summed E-state index contributed by atoms with van der Waals surface area (Å²) in [7, 11) is 0. The van der Waals surface area contributed by atoms with E-state index < -0.39 is 0 Å². The summed E-state index contributed by atoms with van der Waals surface area (Å²) in [6.07, 6.45) is 4.42. The Labute approximate surface area is 135 Å². The molecule has 6 heteroatoms. The van der Waals surface area contributed by atoms with Gasteiger partial charge in [0.15, 0.2) is 0 Å². The van der Waals surface area contributed by atoms with Crippen molar-refractivity contribution in [2.75, 3.05) is 29.4 Å². The fourth-order valence-electron chi connectivity index (χ4n) is 3.09. The van der Waals surface area contributed by atoms with Gasteiger partial charge in [0.2, 0.25) is 5.91 Å². The number of primary amides is 1. The third-order valence-corrected chi connectivity index (χ3v) is 4.24. The van der Waals surface area contributed by atoms with Gasteiger partial charge in [0.25, 0.3) is 0 Å². The van der Waals surface area contributed by atoms with Crippen molar-refractivity contribution < 1.29 is 14.3 Å². The predicted octanol–water partition coefficient (Wildman–Crippen LogP) is 1.95. The number of hydrogen-bond donors (Lipinski definition) is 2. The first-order chi connectivity index (χ1) is 11.1. The predicted molar refractivity (Wildman–Crippen MR) is 88.6 cm³/mol. The number of nitrogens with zero attached hydrogens (tertiary/aromatic N) is 2. The molecule has 0 spiro atoms. The minimum Gasteiger partial charge on any atom is -0.508 e. The van der Waals surface area contributed by atoms with Crippen LogP contribution in [0.4, 0.5) is 11.4 Å². The van der Waals surface area contributed by atoms with E-state index in [1.807, 2.05) is 18.2 Å². The van der Waals surface area contributed by atoms with Crippen molar-refractivity contribution >= 4 is 17.3 Å². The molecule has 1 atom stereocenters. The molecule has 122 valence electrons. The maximum absolute atomic E-state index is 11.2. The maximum Gasteiger partial charge on any atom is 0.217 e. The number of rotatable bonds is 5. The summed E-state index contributed by atoms with van der Waals surface area (Å²) in [4.78, 5) is 15.7. The zero-order chi connectivity index (χ0) is 16.2. The van der Waals surface area contributed by atoms with Crippen LogP contribution in [0.15, 0.2) is 47.3 Å². The molecule has 0 saturated carbocycles. The van der Waals surface area contributed by atoms with E-state index in [0.717, 1.165) is 31.0 Å². The Bertz CT molecular complexity index is 657. The molecule has 1 aliphatic rings. The van der Waals surface area contributed by atoms with Gasteiger partial charge in [0.1, 0.15) is 12.0 Å². The molecule has 1 fully saturated rings. The molecule has 1 aromatic carbocycles. The lowest BCUT2D eigenvalue weighted by Crippen LogP contribution is -2.53. The second-order valence-electron chi connectivity index (χ2n) is 5.80. The Balaban J connectivity index is 1.79. The van der Waals surface area contributed by atoms with Crippen molar-refractivity contribution in [3.63, 3.8) is 0 Å². The summed E-state index contributed by atoms with van der Waals surface area (Å²) >= 11 is 0. The van der Waals surface area contributed by atoms with Gasteiger partial charge in [-0.15, -0.1) is 0 Å². The van der Waals surface area contributed by atoms with Gasteiger partial charge >= 0.3 is 0 Å². The lowest BCUT2D eigenvalue weighted by Gasteiger charge is -2.43. The van der Waals surface area contributed by atoms with Gasteiger partial charge in [-0.3, -0.25) is 4.79 Å². The molecule has 3 N–H and O–H groups in total. The number of piperazine rings is 1. The van der Waals surface area contributed by atoms with Gasteiger partial charge in [-0.05, 0) is 24.6 Å². The smallest absolute Gasteiger partial charge is 0.217 e. The number of amides is 1. The number of carbonyl (C=O) groups excluding carboxylic acids is 1. The first kappa shape index (κ1) is 15.3. The Morgan fingerprint density at radius 2 is 2.17 bits per heavy atom. The standard InChI is InChI=1S/C17H21N3O3/c18-17(22)5-4-14-11-19(15-6-9-23-12-15)7-8-20(14)13-2-1-3-16(21)10-13/h1-3,6,9-10,12,14,21H,4-5,7-8,11H2,(H2,18,22). The fraction of sp³-hybridized carbons (Fsp3) is 0.353. The van der Waals surface area contributed by atoms with Crippen LogP contribution in [0.5, 0.6) is 5.75 Å². The van der Waals surface area contributed by atoms with Crippen LogP contribution in [0.25, 0.3) is 0 Å². The summed E-state index contributed by atoms with van der Waals surface area (Å²) in [5.41, 5.74) is 7.33. The van der Waals surface area contributed by atoms with E-state index in [1.54, 1.807) is 24.7 Å². The van der Waals surface area contributed by atoms with Crippen molar-refractivity contribution in [3.05, 3.63) is 42.9 Å². The topological polar surface area (TPSA) is 82.9 Å². The van der Waals surface area contributed by atoms with Crippen molar-refractivity contribution in [2.45, 2.75) is 18.9 Å². The monoisotopic (exact) mass is 315 g/mol. The summed E-state index contributed by atoms with van der Waals surface area (Å²) in [5, 5.41) is 9.73. The van der Waals surface area contributed by atoms with Crippen LogP contribution in [-0.2, 0) is 4.79 Å². The number of benzene rings is 1. The third kappa shape index (κ3) is 3.59. The van der Waals surface area contributed by atoms with Crippen molar-refractivity contribution in [1.82, 2.24) is 0 Å². The van der Waals surface area contributed by atoms with Gasteiger partial charge in [-0.1, -0.05) is 6.07 Å². The maximum atomic E-state index is 11.2. The third-order valence-electron chi connectivity index (χ3n) is 4.24. The van der Waals surface area contributed by atoms with E-state index in [1.165, 1.54) is 0 Å². The highest BCUT2D eigenvalue weighted by Gasteiger charge is 2.28. The van der Waals surface area contributed by atoms with Crippen molar-refractivity contribution in [2.24, 2.45) is 5.73 Å². The first-order valence-corrected chi connectivity index (χ1v) is 7.74. The Kier molecular flexibility index (Phi) is 4.41. The van der Waals surface area contributed by atoms with Crippen LogP contribution < -0.4 is 15.5 Å². The average molecular weight is 315 g/mol. The van der Waals surface area contributed by atoms with E-state index in [9.17, 15) is 9.90 Å². The number of nitrogens with two attached hydrogens (primary N) is 1. The van der Waals surface area contributed by atoms with Crippen LogP contribution in [-0.4, -0.2) is 36.7 Å². The Morgan fingerprint density at radius 3 is 2.87 bits per heavy atom. The van der Waals surface area contributed by atoms with Crippen LogP contribution in [0.2, 0.25) is 0 Å². The lowest BCUT2D eigenvalue weighted by atomic mass is 10.0. The Morgan fingerprint density at radius 1 is 1.30 bits per heavy atom. The number of hydrogen-bond acceptors (Lipinski definition) is 5. The summed E-state index contributed by atoms with van der Waals surface area (Å²) in [5.74, 6) is -0.0466. The normalized spacial score (nSPS) is 18.2. The molecule has 3 rings (SSSR count). The molecule has 1 saturated heterocycles. The molecule has 1 aromatic heterocycles. The zero-order valence-electron chi connectivity index (χ0n) is 12.9. The van der Waals surface area contributed by atoms with Gasteiger partial charge in [-0.2, -0.15) is 0 Å². The molecule has 1 amide bonds. The Hall–Kier alpha value is -2.63. The number of aromatic hydroxyl groups is 1. The molecular weight excluding hydrogens is 294 g/mol. The van der Waals surface area contributed by atoms with E-state index in [2.05, 4.69) is 9.80 Å². The molecule has 2 heterocycles. The molecular formula is C17H21N3O3. The molecule has 0 radical (unpaired) electrons. The van der Waals surface area contributed by atoms with E-state index in [0.29, 0.717) is 12.8 Å². The van der Waals surface area contributed by atoms with E-state index in [4.69, 9.17) is 10.2 Å². The number of carbonyl (C=O) groups is 1. The quantitative estimate of drug-likeness (QED) is 0.881. The summed E-state index contributed by atoms with van der Waals surface area (Å²) < 4.78 is 5.17. The van der Waals surface area contributed by atoms with Gasteiger partial charge < -0.3 is 25.1 Å². The highest BCUT2D eigenvalue weighted by molar-refractivity contribution is 5.73. The molecule has 1 aliphatic heterocycles. The molecule has 2 aromatic rings. The zero-order valence-corrected chi connectivity index (χ0v) is 12.9. The second-order valence-corrected chi connectivity index (χ2v) is 5.80. The van der Waals surface area contributed by atoms with Crippen molar-refractivity contribution in [3.8, 4) is 5.75 Å². The first-order valence-electron chi connectivity index (χ1n) is 7.74. The van der Waals surface area contributed by atoms with Crippen LogP contribution in [0.1, 0.15) is 12.8 Å². The second kappa shape index (κ2) is 6.64. The van der Waals surface area contributed by atoms with E-state index >= 15 is 0 Å². The summed E-state index contributed by atoms with van der Waals surface area (Å²) in [6.45, 7) is 2.43. The van der Waals surface area contributed by atoms with Gasteiger partial charge in [0, 0.05) is 43.9 Å². The molecule has 0 aliphatic carbocycles. The van der Waals surface area contributed by atoms with E-state index in [-0.39, 0.29) is 17.7 Å². The van der Waals surface area contributed by atoms with Crippen LogP contribution in [0.3, 0.4) is 0 Å². The highest BCUT2D eigenvalue weighted by atomic mass is 16.3. The molecule has 0 bridgehead atoms. The van der Waals surface area contributed by atoms with Crippen LogP contribution >= 0.6 is 0 Å². The van der Waals surface area contributed by atoms with Gasteiger partial charge in [-0.25, -0.2) is 0 Å². The minimum absolute atomic E-state index is 0.146. The molecule has 1 unspecified atom stereocenters. The number of anilines is 2. The molecule has 6 nitrogen and oxygen atoms in total. The van der Waals surface area contributed by atoms with Gasteiger partial charge in [0.05, 0.1) is 12.0 Å². The molecule has 23 heavy (non-hydrogen) atoms. The minimum atomic E-state index is -0.290.